The number of carbonyl (C=O) groups excluding carboxylic acids is 1. The van der Waals surface area contributed by atoms with Crippen molar-refractivity contribution in [3.05, 3.63) is 78.3 Å². The van der Waals surface area contributed by atoms with Gasteiger partial charge in [-0.25, -0.2) is 9.97 Å². The molecule has 4 aromatic rings. The number of amides is 1. The molecule has 39 heavy (non-hydrogen) atoms. The molecule has 0 spiro atoms. The minimum absolute atomic E-state index is 0.0339. The highest BCUT2D eigenvalue weighted by atomic mass is 16.5. The van der Waals surface area contributed by atoms with Gasteiger partial charge in [0.1, 0.15) is 40.9 Å². The van der Waals surface area contributed by atoms with Crippen molar-refractivity contribution in [1.82, 2.24) is 19.4 Å². The molecule has 2 fully saturated rings. The smallest absolute Gasteiger partial charge is 0.264 e. The maximum Gasteiger partial charge on any atom is 0.264 e. The molecule has 1 aliphatic heterocycles. The number of nitrogens with zero attached hydrogens (tertiary/aromatic N) is 5. The van der Waals surface area contributed by atoms with E-state index in [9.17, 15) is 10.1 Å². The van der Waals surface area contributed by atoms with Crippen molar-refractivity contribution in [3.8, 4) is 28.7 Å². The molecule has 2 aromatic heterocycles. The molecule has 3 heterocycles. The number of rotatable bonds is 7. The van der Waals surface area contributed by atoms with Crippen LogP contribution in [0.15, 0.2) is 72.6 Å². The topological polar surface area (TPSA) is 110 Å². The maximum atomic E-state index is 13.3. The Morgan fingerprint density at radius 3 is 2.56 bits per heavy atom. The number of benzene rings is 2. The summed E-state index contributed by atoms with van der Waals surface area (Å²) in [5, 5.41) is 10.4. The minimum Gasteiger partial charge on any atom is -0.457 e. The molecule has 2 aliphatic rings. The quantitative estimate of drug-likeness (QED) is 0.251. The van der Waals surface area contributed by atoms with Crippen molar-refractivity contribution >= 4 is 22.8 Å². The Morgan fingerprint density at radius 1 is 1.10 bits per heavy atom. The summed E-state index contributed by atoms with van der Waals surface area (Å²) in [5.74, 6) is 2.14. The fourth-order valence-electron chi connectivity index (χ4n) is 5.51. The second-order valence-corrected chi connectivity index (χ2v) is 10.3. The first-order chi connectivity index (χ1) is 19.0. The molecule has 196 valence electrons. The van der Waals surface area contributed by atoms with Crippen LogP contribution >= 0.6 is 0 Å². The summed E-state index contributed by atoms with van der Waals surface area (Å²) < 4.78 is 8.12. The van der Waals surface area contributed by atoms with E-state index in [0.29, 0.717) is 24.8 Å². The van der Waals surface area contributed by atoms with E-state index in [2.05, 4.69) is 27.5 Å². The van der Waals surface area contributed by atoms with Crippen molar-refractivity contribution in [2.75, 3.05) is 12.3 Å². The minimum atomic E-state index is -0.163. The summed E-state index contributed by atoms with van der Waals surface area (Å²) >= 11 is 0. The molecule has 0 radical (unpaired) electrons. The third-order valence-electron chi connectivity index (χ3n) is 7.66. The predicted octanol–water partition coefficient (Wildman–Crippen LogP) is 5.63. The van der Waals surface area contributed by atoms with Crippen LogP contribution in [0.5, 0.6) is 11.5 Å². The van der Waals surface area contributed by atoms with Crippen molar-refractivity contribution in [2.45, 2.75) is 45.2 Å². The molecular weight excluding hydrogens is 488 g/mol. The average Bonchev–Trinajstić information content (AvgIpc) is 3.58. The molecule has 0 unspecified atom stereocenters. The van der Waals surface area contributed by atoms with Gasteiger partial charge in [0.05, 0.1) is 11.4 Å². The van der Waals surface area contributed by atoms with Crippen molar-refractivity contribution < 1.29 is 9.53 Å². The molecular formula is C31H30N6O2. The number of para-hydroxylation sites is 1. The molecule has 0 bridgehead atoms. The Bertz CT molecular complexity index is 1600. The maximum absolute atomic E-state index is 13.3. The van der Waals surface area contributed by atoms with E-state index < -0.39 is 0 Å². The Kier molecular flexibility index (Phi) is 6.49. The van der Waals surface area contributed by atoms with Gasteiger partial charge in [-0.3, -0.25) is 4.79 Å². The SMILES string of the molecule is Cc1c(-c2ccc(Oc3ccccc3)cc2)c2c(N)ncnc2n1C[C@H]1CCCN1C(=O)/C(C#N)=C/C1CC1. The fourth-order valence-corrected chi connectivity index (χ4v) is 5.51. The van der Waals surface area contributed by atoms with E-state index in [0.717, 1.165) is 65.0 Å². The summed E-state index contributed by atoms with van der Waals surface area (Å²) in [5.41, 5.74) is 10.4. The third-order valence-corrected chi connectivity index (χ3v) is 7.66. The largest absolute Gasteiger partial charge is 0.457 e. The number of aromatic nitrogens is 3. The molecule has 8 nitrogen and oxygen atoms in total. The number of nitrogens with two attached hydrogens (primary N) is 1. The van der Waals surface area contributed by atoms with Crippen LogP contribution in [0, 0.1) is 24.2 Å². The molecule has 6 rings (SSSR count). The van der Waals surface area contributed by atoms with E-state index in [4.69, 9.17) is 10.5 Å². The molecule has 2 N–H and O–H groups in total. The second-order valence-electron chi connectivity index (χ2n) is 10.3. The van der Waals surface area contributed by atoms with Crippen LogP contribution in [0.1, 0.15) is 31.4 Å². The summed E-state index contributed by atoms with van der Waals surface area (Å²) in [6.07, 6.45) is 7.22. The molecule has 1 saturated heterocycles. The number of hydrogen-bond acceptors (Lipinski definition) is 6. The van der Waals surface area contributed by atoms with Gasteiger partial charge in [0, 0.05) is 24.3 Å². The first kappa shape index (κ1) is 24.7. The predicted molar refractivity (Wildman–Crippen MR) is 150 cm³/mol. The lowest BCUT2D eigenvalue weighted by Crippen LogP contribution is -2.39. The van der Waals surface area contributed by atoms with Gasteiger partial charge < -0.3 is 19.9 Å². The van der Waals surface area contributed by atoms with Gasteiger partial charge in [-0.2, -0.15) is 5.26 Å². The highest BCUT2D eigenvalue weighted by molar-refractivity contribution is 6.02. The highest BCUT2D eigenvalue weighted by Crippen LogP contribution is 2.38. The highest BCUT2D eigenvalue weighted by Gasteiger charge is 2.33. The first-order valence-corrected chi connectivity index (χ1v) is 13.4. The van der Waals surface area contributed by atoms with Crippen LogP contribution in [0.2, 0.25) is 0 Å². The van der Waals surface area contributed by atoms with Crippen molar-refractivity contribution in [2.24, 2.45) is 5.92 Å². The summed E-state index contributed by atoms with van der Waals surface area (Å²) in [4.78, 5) is 24.1. The van der Waals surface area contributed by atoms with Crippen molar-refractivity contribution in [1.29, 1.82) is 5.26 Å². The number of fused-ring (bicyclic) bond motifs is 1. The van der Waals surface area contributed by atoms with Crippen LogP contribution in [0.3, 0.4) is 0 Å². The normalized spacial score (nSPS) is 17.4. The standard InChI is InChI=1S/C31H30N6O2/c1-20-27(22-11-13-26(14-12-22)39-25-7-3-2-4-8-25)28-29(33)34-19-35-30(28)37(20)18-24-6-5-15-36(24)31(38)23(17-32)16-21-9-10-21/h2-4,7-8,11-14,16,19,21,24H,5-6,9-10,15,18H2,1H3,(H2,33,34,35)/b23-16+/t24-/m1/s1. The van der Waals surface area contributed by atoms with Gasteiger partial charge in [0.15, 0.2) is 0 Å². The van der Waals surface area contributed by atoms with Gasteiger partial charge >= 0.3 is 0 Å². The van der Waals surface area contributed by atoms with Crippen LogP contribution in [0.4, 0.5) is 5.82 Å². The Hall–Kier alpha value is -4.64. The van der Waals surface area contributed by atoms with E-state index in [1.165, 1.54) is 6.33 Å². The summed E-state index contributed by atoms with van der Waals surface area (Å²) in [6, 6.07) is 19.7. The number of nitriles is 1. The first-order valence-electron chi connectivity index (χ1n) is 13.4. The van der Waals surface area contributed by atoms with Gasteiger partial charge in [0.25, 0.3) is 5.91 Å². The number of anilines is 1. The van der Waals surface area contributed by atoms with E-state index in [-0.39, 0.29) is 17.5 Å². The fraction of sp³-hybridized carbons (Fsp3) is 0.290. The zero-order valence-corrected chi connectivity index (χ0v) is 21.9. The number of likely N-dealkylation sites (tertiary alicyclic amines) is 1. The number of hydrogen-bond donors (Lipinski definition) is 1. The third kappa shape index (κ3) is 4.84. The van der Waals surface area contributed by atoms with Crippen LogP contribution in [0.25, 0.3) is 22.2 Å². The van der Waals surface area contributed by atoms with E-state index in [1.54, 1.807) is 0 Å². The lowest BCUT2D eigenvalue weighted by molar-refractivity contribution is -0.127. The van der Waals surface area contributed by atoms with Gasteiger partial charge in [0.2, 0.25) is 0 Å². The molecule has 1 amide bonds. The van der Waals surface area contributed by atoms with E-state index >= 15 is 0 Å². The zero-order chi connectivity index (χ0) is 26.9. The summed E-state index contributed by atoms with van der Waals surface area (Å²) in [7, 11) is 0. The number of carbonyl (C=O) groups is 1. The second kappa shape index (κ2) is 10.3. The Morgan fingerprint density at radius 2 is 1.85 bits per heavy atom. The average molecular weight is 519 g/mol. The van der Waals surface area contributed by atoms with Crippen LogP contribution in [-0.2, 0) is 11.3 Å². The Balaban J connectivity index is 1.32. The molecule has 1 atom stereocenters. The van der Waals surface area contributed by atoms with Gasteiger partial charge in [-0.05, 0) is 68.4 Å². The monoisotopic (exact) mass is 518 g/mol. The van der Waals surface area contributed by atoms with Gasteiger partial charge in [-0.1, -0.05) is 36.4 Å². The molecule has 1 aliphatic carbocycles. The summed E-state index contributed by atoms with van der Waals surface area (Å²) in [6.45, 7) is 3.28. The van der Waals surface area contributed by atoms with Crippen LogP contribution in [-0.4, -0.2) is 37.9 Å². The van der Waals surface area contributed by atoms with Gasteiger partial charge in [-0.15, -0.1) is 0 Å². The number of ether oxygens (including phenoxy) is 1. The lowest BCUT2D eigenvalue weighted by Gasteiger charge is -2.25. The number of nitrogen functional groups attached to an aromatic ring is 1. The number of allylic oxidation sites excluding steroid dienone is 1. The van der Waals surface area contributed by atoms with E-state index in [1.807, 2.05) is 65.6 Å². The van der Waals surface area contributed by atoms with Crippen molar-refractivity contribution in [3.63, 3.8) is 0 Å². The molecule has 1 saturated carbocycles. The Labute approximate surface area is 227 Å². The lowest BCUT2D eigenvalue weighted by atomic mass is 10.0. The molecule has 8 heteroatoms. The van der Waals surface area contributed by atoms with Crippen LogP contribution < -0.4 is 10.5 Å². The molecule has 2 aromatic carbocycles. The zero-order valence-electron chi connectivity index (χ0n) is 21.9.